The second-order valence-corrected chi connectivity index (χ2v) is 8.44. The van der Waals surface area contributed by atoms with Crippen molar-refractivity contribution in [2.24, 2.45) is 10.9 Å². The first-order valence-electron chi connectivity index (χ1n) is 11.3. The molecule has 2 saturated heterocycles. The van der Waals surface area contributed by atoms with Crippen LogP contribution in [0.1, 0.15) is 26.2 Å². The van der Waals surface area contributed by atoms with Crippen molar-refractivity contribution in [3.8, 4) is 0 Å². The van der Waals surface area contributed by atoms with E-state index in [1.54, 1.807) is 7.05 Å². The highest BCUT2D eigenvalue weighted by Gasteiger charge is 2.25. The number of anilines is 1. The highest BCUT2D eigenvalue weighted by molar-refractivity contribution is 5.80. The molecule has 1 unspecified atom stereocenters. The molecule has 2 aliphatic rings. The second-order valence-electron chi connectivity index (χ2n) is 8.44. The summed E-state index contributed by atoms with van der Waals surface area (Å²) in [4.78, 5) is 23.5. The normalized spacial score (nSPS) is 20.2. The molecule has 0 radical (unpaired) electrons. The molecule has 1 amide bonds. The number of carbonyl (C=O) groups excluding carboxylic acids is 1. The van der Waals surface area contributed by atoms with Crippen molar-refractivity contribution in [2.75, 3.05) is 64.8 Å². The lowest BCUT2D eigenvalue weighted by molar-refractivity contribution is -0.121. The molecule has 1 atom stereocenters. The molecule has 2 heterocycles. The third-order valence-corrected chi connectivity index (χ3v) is 6.49. The Morgan fingerprint density at radius 1 is 1.10 bits per heavy atom. The van der Waals surface area contributed by atoms with Crippen molar-refractivity contribution in [2.45, 2.75) is 32.2 Å². The largest absolute Gasteiger partial charge is 0.369 e. The first-order chi connectivity index (χ1) is 14.6. The predicted octanol–water partition coefficient (Wildman–Crippen LogP) is 1.62. The zero-order valence-electron chi connectivity index (χ0n) is 18.8. The van der Waals surface area contributed by atoms with E-state index in [0.717, 1.165) is 64.6 Å². The first-order valence-corrected chi connectivity index (χ1v) is 11.3. The van der Waals surface area contributed by atoms with Crippen LogP contribution in [0.5, 0.6) is 0 Å². The lowest BCUT2D eigenvalue weighted by Crippen LogP contribution is -2.54. The third-order valence-electron chi connectivity index (χ3n) is 6.49. The van der Waals surface area contributed by atoms with Crippen molar-refractivity contribution >= 4 is 17.6 Å². The van der Waals surface area contributed by atoms with E-state index < -0.39 is 0 Å². The van der Waals surface area contributed by atoms with Crippen LogP contribution in [0.15, 0.2) is 35.3 Å². The molecule has 3 rings (SSSR count). The maximum absolute atomic E-state index is 11.6. The van der Waals surface area contributed by atoms with Crippen LogP contribution in [0.4, 0.5) is 5.69 Å². The van der Waals surface area contributed by atoms with Gasteiger partial charge in [-0.05, 0) is 37.8 Å². The summed E-state index contributed by atoms with van der Waals surface area (Å²) in [6, 6.07) is 11.2. The number of hydrogen-bond donors (Lipinski definition) is 2. The number of hydrogen-bond acceptors (Lipinski definition) is 4. The molecule has 0 aromatic heterocycles. The Morgan fingerprint density at radius 2 is 1.77 bits per heavy atom. The number of para-hydroxylation sites is 1. The number of amides is 1. The van der Waals surface area contributed by atoms with Gasteiger partial charge in [-0.2, -0.15) is 0 Å². The molecule has 2 aliphatic heterocycles. The monoisotopic (exact) mass is 414 g/mol. The van der Waals surface area contributed by atoms with Crippen LogP contribution in [0.3, 0.4) is 0 Å². The minimum Gasteiger partial charge on any atom is -0.369 e. The molecule has 1 aromatic rings. The quantitative estimate of drug-likeness (QED) is 0.547. The number of aliphatic imine (C=N–C) groups is 1. The topological polar surface area (TPSA) is 63.2 Å². The number of nitrogens with zero attached hydrogens (tertiary/aromatic N) is 4. The van der Waals surface area contributed by atoms with Gasteiger partial charge in [0.1, 0.15) is 0 Å². The molecule has 1 aromatic carbocycles. The predicted molar refractivity (Wildman–Crippen MR) is 124 cm³/mol. The number of guanidine groups is 1. The summed E-state index contributed by atoms with van der Waals surface area (Å²) in [6.07, 6.45) is 2.73. The Hall–Kier alpha value is -2.28. The summed E-state index contributed by atoms with van der Waals surface area (Å²) >= 11 is 0. The average Bonchev–Trinajstić information content (AvgIpc) is 2.81. The number of nitrogens with one attached hydrogen (secondary N) is 2. The summed E-state index contributed by atoms with van der Waals surface area (Å²) in [7, 11) is 3.58. The van der Waals surface area contributed by atoms with E-state index in [2.05, 4.69) is 67.6 Å². The van der Waals surface area contributed by atoms with E-state index in [1.807, 2.05) is 7.05 Å². The molecule has 0 saturated carbocycles. The molecular weight excluding hydrogens is 376 g/mol. The summed E-state index contributed by atoms with van der Waals surface area (Å²) in [6.45, 7) is 9.44. The molecule has 0 spiro atoms. The van der Waals surface area contributed by atoms with Gasteiger partial charge in [0, 0.05) is 78.1 Å². The van der Waals surface area contributed by atoms with Gasteiger partial charge in [-0.3, -0.25) is 14.7 Å². The number of likely N-dealkylation sites (tertiary alicyclic amines) is 1. The lowest BCUT2D eigenvalue weighted by atomic mass is 9.93. The molecule has 30 heavy (non-hydrogen) atoms. The maximum atomic E-state index is 11.6. The van der Waals surface area contributed by atoms with Gasteiger partial charge in [0.05, 0.1) is 0 Å². The lowest BCUT2D eigenvalue weighted by Gasteiger charge is -2.40. The van der Waals surface area contributed by atoms with Crippen LogP contribution < -0.4 is 15.5 Å². The number of rotatable bonds is 6. The van der Waals surface area contributed by atoms with Crippen LogP contribution >= 0.6 is 0 Å². The van der Waals surface area contributed by atoms with Crippen LogP contribution in [-0.2, 0) is 4.79 Å². The van der Waals surface area contributed by atoms with Crippen LogP contribution in [0, 0.1) is 5.92 Å². The third kappa shape index (κ3) is 6.11. The van der Waals surface area contributed by atoms with E-state index in [4.69, 9.17) is 0 Å². The second kappa shape index (κ2) is 11.2. The van der Waals surface area contributed by atoms with E-state index in [9.17, 15) is 4.79 Å². The molecule has 2 fully saturated rings. The highest BCUT2D eigenvalue weighted by Crippen LogP contribution is 2.20. The van der Waals surface area contributed by atoms with Gasteiger partial charge in [0.15, 0.2) is 5.96 Å². The molecule has 7 heteroatoms. The summed E-state index contributed by atoms with van der Waals surface area (Å²) in [5, 5.41) is 6.32. The zero-order chi connectivity index (χ0) is 21.3. The van der Waals surface area contributed by atoms with Crippen molar-refractivity contribution in [1.29, 1.82) is 0 Å². The van der Waals surface area contributed by atoms with Crippen LogP contribution in [-0.4, -0.2) is 87.6 Å². The fourth-order valence-electron chi connectivity index (χ4n) is 4.47. The highest BCUT2D eigenvalue weighted by atomic mass is 16.1. The van der Waals surface area contributed by atoms with Gasteiger partial charge in [0.2, 0.25) is 5.91 Å². The average molecular weight is 415 g/mol. The number of benzene rings is 1. The Morgan fingerprint density at radius 3 is 2.37 bits per heavy atom. The summed E-state index contributed by atoms with van der Waals surface area (Å²) < 4.78 is 0. The van der Waals surface area contributed by atoms with Crippen molar-refractivity contribution < 1.29 is 4.79 Å². The Bertz CT molecular complexity index is 678. The van der Waals surface area contributed by atoms with Gasteiger partial charge >= 0.3 is 0 Å². The Labute approximate surface area is 181 Å². The van der Waals surface area contributed by atoms with Gasteiger partial charge in [-0.25, -0.2) is 0 Å². The van der Waals surface area contributed by atoms with Gasteiger partial charge in [-0.1, -0.05) is 18.2 Å². The molecule has 0 bridgehead atoms. The molecule has 166 valence electrons. The van der Waals surface area contributed by atoms with E-state index in [0.29, 0.717) is 18.4 Å². The Kier molecular flexibility index (Phi) is 8.37. The fraction of sp³-hybridized carbons (Fsp3) is 0.652. The smallest absolute Gasteiger partial charge is 0.220 e. The Balaban J connectivity index is 1.39. The number of piperidine rings is 1. The van der Waals surface area contributed by atoms with Crippen LogP contribution in [0.25, 0.3) is 0 Å². The molecule has 0 aliphatic carbocycles. The van der Waals surface area contributed by atoms with Crippen molar-refractivity contribution in [3.63, 3.8) is 0 Å². The van der Waals surface area contributed by atoms with Gasteiger partial charge < -0.3 is 20.4 Å². The summed E-state index contributed by atoms with van der Waals surface area (Å²) in [5.41, 5.74) is 1.32. The standard InChI is InChI=1S/C23H38N6O/c1-19(27-13-15-28(16-14-27)21-7-5-4-6-8-21)18-26-23(25-3)29-11-9-20(10-12-29)17-22(30)24-2/h4-8,19-20H,9-18H2,1-3H3,(H,24,30)(H,25,26). The van der Waals surface area contributed by atoms with Crippen LogP contribution in [0.2, 0.25) is 0 Å². The van der Waals surface area contributed by atoms with E-state index >= 15 is 0 Å². The molecule has 2 N–H and O–H groups in total. The minimum atomic E-state index is 0.150. The van der Waals surface area contributed by atoms with Crippen molar-refractivity contribution in [3.05, 3.63) is 30.3 Å². The van der Waals surface area contributed by atoms with Gasteiger partial charge in [-0.15, -0.1) is 0 Å². The van der Waals surface area contributed by atoms with Crippen molar-refractivity contribution in [1.82, 2.24) is 20.4 Å². The molecule has 7 nitrogen and oxygen atoms in total. The fourth-order valence-corrected chi connectivity index (χ4v) is 4.47. The summed E-state index contributed by atoms with van der Waals surface area (Å²) in [5.74, 6) is 1.62. The minimum absolute atomic E-state index is 0.150. The van der Waals surface area contributed by atoms with E-state index in [-0.39, 0.29) is 5.91 Å². The van der Waals surface area contributed by atoms with Gasteiger partial charge in [0.25, 0.3) is 0 Å². The first kappa shape index (κ1) is 22.4. The maximum Gasteiger partial charge on any atom is 0.220 e. The zero-order valence-corrected chi connectivity index (χ0v) is 18.8. The SMILES string of the molecule is CN=C(NCC(C)N1CCN(c2ccccc2)CC1)N1CCC(CC(=O)NC)CC1. The molecular formula is C23H38N6O. The van der Waals surface area contributed by atoms with E-state index in [1.165, 1.54) is 5.69 Å². The number of piperazine rings is 1. The number of carbonyl (C=O) groups is 1.